The van der Waals surface area contributed by atoms with E-state index in [1.54, 1.807) is 36.2 Å². The fraction of sp³-hybridized carbons (Fsp3) is 0.194. The zero-order valence-corrected chi connectivity index (χ0v) is 22.4. The molecule has 1 atom stereocenters. The average Bonchev–Trinajstić information content (AvgIpc) is 2.92. The number of fused-ring (bicyclic) bond motifs is 1. The van der Waals surface area contributed by atoms with Gasteiger partial charge in [-0.05, 0) is 80.1 Å². The van der Waals surface area contributed by atoms with Crippen LogP contribution in [0, 0.1) is 11.3 Å². The van der Waals surface area contributed by atoms with Crippen molar-refractivity contribution in [3.63, 3.8) is 0 Å². The maximum Gasteiger partial charge on any atom is 0.251 e. The maximum atomic E-state index is 13.6. The van der Waals surface area contributed by atoms with Gasteiger partial charge in [-0.15, -0.1) is 0 Å². The van der Waals surface area contributed by atoms with Crippen LogP contribution in [0.4, 0.5) is 5.69 Å². The van der Waals surface area contributed by atoms with E-state index in [1.807, 2.05) is 72.8 Å². The van der Waals surface area contributed by atoms with E-state index >= 15 is 0 Å². The van der Waals surface area contributed by atoms with Crippen molar-refractivity contribution in [3.8, 4) is 6.07 Å². The molecule has 4 aromatic rings. The van der Waals surface area contributed by atoms with Crippen LogP contribution in [0.15, 0.2) is 95.9 Å². The van der Waals surface area contributed by atoms with Crippen LogP contribution in [0.25, 0.3) is 10.8 Å². The predicted molar refractivity (Wildman–Crippen MR) is 154 cm³/mol. The summed E-state index contributed by atoms with van der Waals surface area (Å²) in [6, 6.07) is 29.0. The maximum absolute atomic E-state index is 13.6. The molecule has 0 aliphatic rings. The molecule has 0 aliphatic carbocycles. The van der Waals surface area contributed by atoms with Gasteiger partial charge in [-0.2, -0.15) is 5.26 Å². The van der Waals surface area contributed by atoms with Crippen LogP contribution in [-0.2, 0) is 11.2 Å². The minimum absolute atomic E-state index is 0.0591. The van der Waals surface area contributed by atoms with Crippen molar-refractivity contribution in [1.82, 2.24) is 10.0 Å². The van der Waals surface area contributed by atoms with Gasteiger partial charge in [0.15, 0.2) is 0 Å². The Morgan fingerprint density at radius 3 is 2.24 bits per heavy atom. The Morgan fingerprint density at radius 2 is 1.55 bits per heavy atom. The van der Waals surface area contributed by atoms with Crippen LogP contribution >= 0.6 is 11.9 Å². The topological polar surface area (TPSA) is 94.0 Å². The number of benzene rings is 4. The number of amides is 2. The molecule has 38 heavy (non-hydrogen) atoms. The standard InChI is InChI=1S/C31H30N4O2S/c1-31(2,3)35-38-28-14-8-11-24-25(28)12-7-13-26(24)33-30(37)27(19-21-9-5-4-6-10-21)34-29(36)23-17-15-22(20-32)16-18-23/h4-18,27,35H,19H2,1-3H3,(H,33,37)(H,34,36)/t27-/m0/s1. The van der Waals surface area contributed by atoms with Gasteiger partial charge in [0, 0.05) is 33.5 Å². The number of rotatable bonds is 8. The zero-order chi connectivity index (χ0) is 27.1. The summed E-state index contributed by atoms with van der Waals surface area (Å²) >= 11 is 1.56. The zero-order valence-electron chi connectivity index (χ0n) is 21.6. The number of carbonyl (C=O) groups excluding carboxylic acids is 2. The molecule has 0 saturated heterocycles. The second-order valence-electron chi connectivity index (χ2n) is 10.0. The molecule has 3 N–H and O–H groups in total. The van der Waals surface area contributed by atoms with Crippen LogP contribution < -0.4 is 15.4 Å². The van der Waals surface area contributed by atoms with E-state index in [-0.39, 0.29) is 17.4 Å². The molecule has 0 radical (unpaired) electrons. The van der Waals surface area contributed by atoms with Crippen molar-refractivity contribution in [1.29, 1.82) is 5.26 Å². The van der Waals surface area contributed by atoms with Crippen molar-refractivity contribution in [2.75, 3.05) is 5.32 Å². The van der Waals surface area contributed by atoms with Gasteiger partial charge in [-0.3, -0.25) is 14.3 Å². The molecule has 0 spiro atoms. The number of carbonyl (C=O) groups is 2. The lowest BCUT2D eigenvalue weighted by atomic mass is 10.0. The summed E-state index contributed by atoms with van der Waals surface area (Å²) in [6.07, 6.45) is 0.329. The largest absolute Gasteiger partial charge is 0.340 e. The minimum atomic E-state index is -0.809. The first-order chi connectivity index (χ1) is 18.2. The monoisotopic (exact) mass is 522 g/mol. The van der Waals surface area contributed by atoms with Crippen LogP contribution in [0.2, 0.25) is 0 Å². The lowest BCUT2D eigenvalue weighted by Gasteiger charge is -2.21. The van der Waals surface area contributed by atoms with Gasteiger partial charge < -0.3 is 10.6 Å². The van der Waals surface area contributed by atoms with E-state index < -0.39 is 6.04 Å². The summed E-state index contributed by atoms with van der Waals surface area (Å²) in [5.41, 5.74) is 2.39. The second-order valence-corrected chi connectivity index (χ2v) is 10.9. The summed E-state index contributed by atoms with van der Waals surface area (Å²) in [5.74, 6) is -0.690. The highest BCUT2D eigenvalue weighted by Crippen LogP contribution is 2.32. The Labute approximate surface area is 227 Å². The highest BCUT2D eigenvalue weighted by atomic mass is 32.2. The fourth-order valence-electron chi connectivity index (χ4n) is 3.90. The molecule has 7 heteroatoms. The molecular formula is C31H30N4O2S. The number of nitriles is 1. The van der Waals surface area contributed by atoms with Crippen LogP contribution in [-0.4, -0.2) is 23.4 Å². The average molecular weight is 523 g/mol. The first-order valence-electron chi connectivity index (χ1n) is 12.3. The molecule has 6 nitrogen and oxygen atoms in total. The summed E-state index contributed by atoms with van der Waals surface area (Å²) in [5, 5.41) is 16.9. The van der Waals surface area contributed by atoms with Crippen molar-refractivity contribution >= 4 is 40.2 Å². The first-order valence-corrected chi connectivity index (χ1v) is 13.2. The molecule has 0 bridgehead atoms. The van der Waals surface area contributed by atoms with Crippen molar-refractivity contribution in [2.45, 2.75) is 43.7 Å². The third-order valence-corrected chi connectivity index (χ3v) is 7.08. The molecule has 0 unspecified atom stereocenters. The lowest BCUT2D eigenvalue weighted by molar-refractivity contribution is -0.118. The summed E-state index contributed by atoms with van der Waals surface area (Å²) in [7, 11) is 0. The number of hydrogen-bond acceptors (Lipinski definition) is 5. The van der Waals surface area contributed by atoms with Gasteiger partial charge in [-0.1, -0.05) is 54.6 Å². The van der Waals surface area contributed by atoms with E-state index in [9.17, 15) is 9.59 Å². The first kappa shape index (κ1) is 26.9. The fourth-order valence-corrected chi connectivity index (χ4v) is 4.75. The Kier molecular flexibility index (Phi) is 8.47. The molecular weight excluding hydrogens is 492 g/mol. The predicted octanol–water partition coefficient (Wildman–Crippen LogP) is 6.09. The Hall–Kier alpha value is -4.12. The number of anilines is 1. The summed E-state index contributed by atoms with van der Waals surface area (Å²) in [4.78, 5) is 27.7. The van der Waals surface area contributed by atoms with E-state index in [1.165, 1.54) is 0 Å². The lowest BCUT2D eigenvalue weighted by Crippen LogP contribution is -2.45. The van der Waals surface area contributed by atoms with Gasteiger partial charge in [0.1, 0.15) is 6.04 Å². The van der Waals surface area contributed by atoms with E-state index in [0.717, 1.165) is 21.2 Å². The Morgan fingerprint density at radius 1 is 0.868 bits per heavy atom. The Balaban J connectivity index is 1.59. The van der Waals surface area contributed by atoms with E-state index in [4.69, 9.17) is 5.26 Å². The quantitative estimate of drug-likeness (QED) is 0.244. The van der Waals surface area contributed by atoms with E-state index in [0.29, 0.717) is 23.2 Å². The smallest absolute Gasteiger partial charge is 0.251 e. The minimum Gasteiger partial charge on any atom is -0.340 e. The van der Waals surface area contributed by atoms with Gasteiger partial charge in [0.25, 0.3) is 5.91 Å². The molecule has 0 fully saturated rings. The number of hydrogen-bond donors (Lipinski definition) is 3. The third-order valence-electron chi connectivity index (χ3n) is 5.79. The van der Waals surface area contributed by atoms with Gasteiger partial charge in [0.05, 0.1) is 11.6 Å². The summed E-state index contributed by atoms with van der Waals surface area (Å²) < 4.78 is 3.44. The molecule has 2 amide bonds. The van der Waals surface area contributed by atoms with Crippen LogP contribution in [0.1, 0.15) is 42.3 Å². The highest BCUT2D eigenvalue weighted by molar-refractivity contribution is 7.97. The number of nitrogens with zero attached hydrogens (tertiary/aromatic N) is 1. The Bertz CT molecular complexity index is 1470. The number of nitrogens with one attached hydrogen (secondary N) is 3. The molecule has 0 aliphatic heterocycles. The SMILES string of the molecule is CC(C)(C)NSc1cccc2c(NC(=O)[C@H](Cc3ccccc3)NC(=O)c3ccc(C#N)cc3)cccc12. The molecule has 192 valence electrons. The van der Waals surface area contributed by atoms with Crippen LogP contribution in [0.3, 0.4) is 0 Å². The second kappa shape index (κ2) is 12.0. The molecule has 4 aromatic carbocycles. The van der Waals surface area contributed by atoms with E-state index in [2.05, 4.69) is 36.1 Å². The molecule has 0 heterocycles. The van der Waals surface area contributed by atoms with Gasteiger partial charge in [-0.25, -0.2) is 0 Å². The molecule has 0 aromatic heterocycles. The van der Waals surface area contributed by atoms with Crippen molar-refractivity contribution in [2.24, 2.45) is 0 Å². The highest BCUT2D eigenvalue weighted by Gasteiger charge is 2.23. The van der Waals surface area contributed by atoms with Crippen molar-refractivity contribution in [3.05, 3.63) is 108 Å². The van der Waals surface area contributed by atoms with Crippen LogP contribution in [0.5, 0.6) is 0 Å². The molecule has 4 rings (SSSR count). The van der Waals surface area contributed by atoms with Gasteiger partial charge in [0.2, 0.25) is 5.91 Å². The van der Waals surface area contributed by atoms with Crippen molar-refractivity contribution < 1.29 is 9.59 Å². The normalized spacial score (nSPS) is 11.9. The van der Waals surface area contributed by atoms with Gasteiger partial charge >= 0.3 is 0 Å². The third kappa shape index (κ3) is 7.00. The summed E-state index contributed by atoms with van der Waals surface area (Å²) in [6.45, 7) is 6.32. The molecule has 0 saturated carbocycles.